The molecule has 0 aromatic heterocycles. The van der Waals surface area contributed by atoms with E-state index in [1.807, 2.05) is 0 Å². The molecule has 148 valence electrons. The number of aromatic hydroxyl groups is 2. The Balaban J connectivity index is 1.60. The van der Waals surface area contributed by atoms with Crippen molar-refractivity contribution in [1.82, 2.24) is 5.32 Å². The summed E-state index contributed by atoms with van der Waals surface area (Å²) in [6, 6.07) is 7.79. The molecule has 0 saturated heterocycles. The van der Waals surface area contributed by atoms with Crippen LogP contribution in [0, 0.1) is 0 Å². The van der Waals surface area contributed by atoms with Gasteiger partial charge in [-0.05, 0) is 45.1 Å². The van der Waals surface area contributed by atoms with Crippen molar-refractivity contribution in [3.8, 4) is 11.5 Å². The van der Waals surface area contributed by atoms with E-state index in [0.29, 0.717) is 17.3 Å². The number of benzene rings is 2. The highest BCUT2D eigenvalue weighted by molar-refractivity contribution is 6.04. The first-order valence-electron chi connectivity index (χ1n) is 9.57. The van der Waals surface area contributed by atoms with Gasteiger partial charge in [-0.25, -0.2) is 4.79 Å². The molecule has 1 aliphatic rings. The maximum atomic E-state index is 12.4. The molecule has 2 aromatic rings. The lowest BCUT2D eigenvalue weighted by Crippen LogP contribution is -2.36. The summed E-state index contributed by atoms with van der Waals surface area (Å²) in [6.45, 7) is 1.97. The summed E-state index contributed by atoms with van der Waals surface area (Å²) in [7, 11) is 0. The summed E-state index contributed by atoms with van der Waals surface area (Å²) in [4.78, 5) is 24.6. The molecule has 0 spiro atoms. The van der Waals surface area contributed by atoms with Crippen molar-refractivity contribution in [2.45, 2.75) is 45.1 Å². The van der Waals surface area contributed by atoms with E-state index in [1.54, 1.807) is 24.3 Å². The fourth-order valence-electron chi connectivity index (χ4n) is 3.40. The largest absolute Gasteiger partial charge is 0.507 e. The Morgan fingerprint density at radius 2 is 1.93 bits per heavy atom. The smallest absolute Gasteiger partial charge is 0.342 e. The minimum atomic E-state index is -1.01. The zero-order chi connectivity index (χ0) is 20.1. The summed E-state index contributed by atoms with van der Waals surface area (Å²) in [5, 5.41) is 24.0. The second-order valence-electron chi connectivity index (χ2n) is 7.03. The van der Waals surface area contributed by atoms with Crippen molar-refractivity contribution in [1.29, 1.82) is 0 Å². The van der Waals surface area contributed by atoms with E-state index in [1.165, 1.54) is 25.3 Å². The molecule has 3 rings (SSSR count). The van der Waals surface area contributed by atoms with Gasteiger partial charge in [-0.1, -0.05) is 35.9 Å². The van der Waals surface area contributed by atoms with Gasteiger partial charge in [0.05, 0.1) is 0 Å². The third kappa shape index (κ3) is 4.44. The van der Waals surface area contributed by atoms with Gasteiger partial charge < -0.3 is 20.3 Å². The molecule has 6 nitrogen and oxygen atoms in total. The number of phenolic OH excluding ortho intramolecular Hbond substituents is 2. The van der Waals surface area contributed by atoms with Crippen LogP contribution in [0.25, 0.3) is 10.8 Å². The molecule has 28 heavy (non-hydrogen) atoms. The highest BCUT2D eigenvalue weighted by Gasteiger charge is 2.23. The van der Waals surface area contributed by atoms with Gasteiger partial charge in [0.25, 0.3) is 5.91 Å². The molecule has 3 N–H and O–H groups in total. The predicted molar refractivity (Wildman–Crippen MR) is 106 cm³/mol. The van der Waals surface area contributed by atoms with Crippen molar-refractivity contribution in [3.63, 3.8) is 0 Å². The Labute approximate surface area is 163 Å². The van der Waals surface area contributed by atoms with Crippen molar-refractivity contribution < 1.29 is 24.5 Å². The average Bonchev–Trinajstić information content (AvgIpc) is 2.71. The van der Waals surface area contributed by atoms with Gasteiger partial charge >= 0.3 is 5.97 Å². The number of fused-ring (bicyclic) bond motifs is 1. The highest BCUT2D eigenvalue weighted by Crippen LogP contribution is 2.35. The first-order chi connectivity index (χ1) is 13.5. The Bertz CT molecular complexity index is 919. The van der Waals surface area contributed by atoms with Crippen LogP contribution >= 0.6 is 0 Å². The number of carbonyl (C=O) groups is 2. The minimum absolute atomic E-state index is 0.141. The van der Waals surface area contributed by atoms with Crippen LogP contribution in [0.3, 0.4) is 0 Å². The van der Waals surface area contributed by atoms with Crippen molar-refractivity contribution >= 4 is 22.6 Å². The van der Waals surface area contributed by atoms with Crippen LogP contribution in [0.4, 0.5) is 0 Å². The highest BCUT2D eigenvalue weighted by atomic mass is 16.5. The van der Waals surface area contributed by atoms with Crippen molar-refractivity contribution in [3.05, 3.63) is 47.5 Å². The van der Waals surface area contributed by atoms with E-state index < -0.39 is 18.0 Å². The summed E-state index contributed by atoms with van der Waals surface area (Å²) in [6.07, 6.45) is 6.60. The first kappa shape index (κ1) is 19.7. The fraction of sp³-hybridized carbons (Fsp3) is 0.364. The number of carbonyl (C=O) groups excluding carboxylic acids is 2. The van der Waals surface area contributed by atoms with Crippen LogP contribution in [0.1, 0.15) is 49.4 Å². The van der Waals surface area contributed by atoms with E-state index in [-0.39, 0.29) is 17.1 Å². The molecule has 0 heterocycles. The summed E-state index contributed by atoms with van der Waals surface area (Å²) in [5.74, 6) is -1.68. The van der Waals surface area contributed by atoms with E-state index >= 15 is 0 Å². The lowest BCUT2D eigenvalue weighted by molar-refractivity contribution is -0.129. The molecule has 0 aliphatic heterocycles. The molecule has 1 aliphatic carbocycles. The molecular weight excluding hydrogens is 358 g/mol. The standard InChI is InChI=1S/C22H25NO5/c1-14(21(26)23-12-11-15-7-3-2-4-8-15)28-22(27)18-13-19(24)16-9-5-6-10-17(16)20(18)25/h5-7,9-10,13-14,24-25H,2-4,8,11-12H2,1H3,(H,23,26)/t14-/m1/s1. The molecule has 2 aromatic carbocycles. The Morgan fingerprint density at radius 3 is 2.64 bits per heavy atom. The number of hydrogen-bond acceptors (Lipinski definition) is 5. The average molecular weight is 383 g/mol. The van der Waals surface area contributed by atoms with Crippen LogP contribution in [0.2, 0.25) is 0 Å². The Morgan fingerprint density at radius 1 is 1.18 bits per heavy atom. The van der Waals surface area contributed by atoms with E-state index in [0.717, 1.165) is 25.3 Å². The number of hydrogen-bond donors (Lipinski definition) is 3. The van der Waals surface area contributed by atoms with Gasteiger partial charge in [0.2, 0.25) is 0 Å². The number of nitrogens with one attached hydrogen (secondary N) is 1. The lowest BCUT2D eigenvalue weighted by Gasteiger charge is -2.16. The summed E-state index contributed by atoms with van der Waals surface area (Å²) >= 11 is 0. The first-order valence-corrected chi connectivity index (χ1v) is 9.57. The minimum Gasteiger partial charge on any atom is -0.507 e. The van der Waals surface area contributed by atoms with E-state index in [2.05, 4.69) is 11.4 Å². The van der Waals surface area contributed by atoms with Crippen LogP contribution in [-0.4, -0.2) is 34.7 Å². The number of allylic oxidation sites excluding steroid dienone is 1. The van der Waals surface area contributed by atoms with Crippen LogP contribution in [0.15, 0.2) is 42.0 Å². The molecule has 0 bridgehead atoms. The second kappa shape index (κ2) is 8.78. The SMILES string of the molecule is C[C@@H](OC(=O)c1cc(O)c2ccccc2c1O)C(=O)NCCC1=CCCCC1. The van der Waals surface area contributed by atoms with Gasteiger partial charge in [0, 0.05) is 17.3 Å². The maximum absolute atomic E-state index is 12.4. The normalized spacial score (nSPS) is 15.0. The molecule has 1 amide bonds. The molecule has 0 unspecified atom stereocenters. The topological polar surface area (TPSA) is 95.9 Å². The Hall–Kier alpha value is -3.02. The molecule has 0 radical (unpaired) electrons. The zero-order valence-electron chi connectivity index (χ0n) is 15.9. The maximum Gasteiger partial charge on any atom is 0.342 e. The van der Waals surface area contributed by atoms with Gasteiger partial charge in [-0.2, -0.15) is 0 Å². The van der Waals surface area contributed by atoms with E-state index in [9.17, 15) is 19.8 Å². The van der Waals surface area contributed by atoms with Gasteiger partial charge in [0.1, 0.15) is 17.1 Å². The summed E-state index contributed by atoms with van der Waals surface area (Å²) in [5.41, 5.74) is 1.18. The second-order valence-corrected chi connectivity index (χ2v) is 7.03. The predicted octanol–water partition coefficient (Wildman–Crippen LogP) is 3.80. The van der Waals surface area contributed by atoms with Crippen molar-refractivity contribution in [2.24, 2.45) is 0 Å². The van der Waals surface area contributed by atoms with Crippen LogP contribution in [0.5, 0.6) is 11.5 Å². The molecule has 0 fully saturated rings. The number of rotatable bonds is 6. The third-order valence-electron chi connectivity index (χ3n) is 5.00. The number of amides is 1. The lowest BCUT2D eigenvalue weighted by atomic mass is 9.97. The molecular formula is C22H25NO5. The molecule has 6 heteroatoms. The molecule has 0 saturated carbocycles. The number of phenols is 2. The van der Waals surface area contributed by atoms with E-state index in [4.69, 9.17) is 4.74 Å². The fourth-order valence-corrected chi connectivity index (χ4v) is 3.40. The zero-order valence-corrected chi connectivity index (χ0v) is 15.9. The van der Waals surface area contributed by atoms with Gasteiger partial charge in [0.15, 0.2) is 6.10 Å². The van der Waals surface area contributed by atoms with Crippen molar-refractivity contribution in [2.75, 3.05) is 6.54 Å². The number of ether oxygens (including phenoxy) is 1. The summed E-state index contributed by atoms with van der Waals surface area (Å²) < 4.78 is 5.19. The van der Waals surface area contributed by atoms with Crippen LogP contribution < -0.4 is 5.32 Å². The van der Waals surface area contributed by atoms with Crippen LogP contribution in [-0.2, 0) is 9.53 Å². The van der Waals surface area contributed by atoms with Gasteiger partial charge in [-0.3, -0.25) is 4.79 Å². The Kier molecular flexibility index (Phi) is 6.19. The molecule has 1 atom stereocenters. The van der Waals surface area contributed by atoms with Gasteiger partial charge in [-0.15, -0.1) is 0 Å². The monoisotopic (exact) mass is 383 g/mol. The third-order valence-corrected chi connectivity index (χ3v) is 5.00. The quantitative estimate of drug-likeness (QED) is 0.401. The number of esters is 1.